The Morgan fingerprint density at radius 3 is 2.12 bits per heavy atom. The van der Waals surface area contributed by atoms with Crippen molar-refractivity contribution in [2.75, 3.05) is 32.8 Å². The Morgan fingerprint density at radius 2 is 1.69 bits per heavy atom. The second-order valence-corrected chi connectivity index (χ2v) is 3.67. The number of morpholine rings is 1. The summed E-state index contributed by atoms with van der Waals surface area (Å²) in [5.41, 5.74) is -2.70. The van der Waals surface area contributed by atoms with Crippen LogP contribution in [0.3, 0.4) is 0 Å². The number of ether oxygens (including phenoxy) is 1. The highest BCUT2D eigenvalue weighted by Gasteiger charge is 2.44. The van der Waals surface area contributed by atoms with Gasteiger partial charge in [0.1, 0.15) is 0 Å². The molecule has 3 N–H and O–H groups in total. The van der Waals surface area contributed by atoms with Crippen LogP contribution < -0.4 is 0 Å². The largest absolute Gasteiger partial charge is 0.479 e. The van der Waals surface area contributed by atoms with E-state index in [-0.39, 0.29) is 13.0 Å². The van der Waals surface area contributed by atoms with Crippen LogP contribution in [0.4, 0.5) is 0 Å². The number of aliphatic carboxylic acids is 2. The lowest BCUT2D eigenvalue weighted by atomic mass is 10.00. The molecule has 1 fully saturated rings. The van der Waals surface area contributed by atoms with E-state index in [9.17, 15) is 14.7 Å². The van der Waals surface area contributed by atoms with Gasteiger partial charge in [0, 0.05) is 26.1 Å². The van der Waals surface area contributed by atoms with E-state index in [4.69, 9.17) is 14.9 Å². The number of nitrogens with zero attached hydrogens (tertiary/aromatic N) is 1. The average Bonchev–Trinajstić information content (AvgIpc) is 2.26. The molecule has 0 aromatic heterocycles. The van der Waals surface area contributed by atoms with Crippen LogP contribution in [0.1, 0.15) is 6.42 Å². The van der Waals surface area contributed by atoms with Crippen LogP contribution in [0, 0.1) is 0 Å². The number of carboxylic acids is 2. The SMILES string of the molecule is O=C(O)C(O)(CCN1CCOCC1)C(=O)O. The maximum Gasteiger partial charge on any atom is 0.347 e. The van der Waals surface area contributed by atoms with Gasteiger partial charge in [0.15, 0.2) is 0 Å². The van der Waals surface area contributed by atoms with Crippen molar-refractivity contribution in [3.05, 3.63) is 0 Å². The third-order valence-corrected chi connectivity index (χ3v) is 2.60. The van der Waals surface area contributed by atoms with Crippen molar-refractivity contribution >= 4 is 11.9 Å². The molecule has 1 aliphatic heterocycles. The molecule has 16 heavy (non-hydrogen) atoms. The molecular formula is C9H15NO6. The molecule has 0 spiro atoms. The molecule has 1 heterocycles. The van der Waals surface area contributed by atoms with Gasteiger partial charge >= 0.3 is 11.9 Å². The molecule has 1 rings (SSSR count). The third-order valence-electron chi connectivity index (χ3n) is 2.60. The van der Waals surface area contributed by atoms with E-state index in [0.717, 1.165) is 0 Å². The second-order valence-electron chi connectivity index (χ2n) is 3.67. The first-order valence-corrected chi connectivity index (χ1v) is 4.96. The fourth-order valence-electron chi connectivity index (χ4n) is 1.45. The Kier molecular flexibility index (Phi) is 4.22. The summed E-state index contributed by atoms with van der Waals surface area (Å²) in [7, 11) is 0. The van der Waals surface area contributed by atoms with Gasteiger partial charge in [-0.15, -0.1) is 0 Å². The highest BCUT2D eigenvalue weighted by molar-refractivity contribution is 6.01. The first-order valence-electron chi connectivity index (χ1n) is 4.96. The maximum atomic E-state index is 10.7. The van der Waals surface area contributed by atoms with Crippen molar-refractivity contribution in [2.24, 2.45) is 0 Å². The molecule has 92 valence electrons. The van der Waals surface area contributed by atoms with E-state index in [1.54, 1.807) is 0 Å². The smallest absolute Gasteiger partial charge is 0.347 e. The minimum Gasteiger partial charge on any atom is -0.479 e. The molecule has 0 aromatic carbocycles. The predicted octanol–water partition coefficient (Wildman–Crippen LogP) is -1.39. The lowest BCUT2D eigenvalue weighted by Crippen LogP contribution is -2.49. The number of hydrogen-bond donors (Lipinski definition) is 3. The summed E-state index contributed by atoms with van der Waals surface area (Å²) in [5, 5.41) is 26.8. The highest BCUT2D eigenvalue weighted by Crippen LogP contribution is 2.13. The standard InChI is InChI=1S/C9H15NO6/c11-7(12)9(15,8(13)14)1-2-10-3-5-16-6-4-10/h15H,1-6H2,(H,11,12)(H,13,14). The molecule has 0 saturated carbocycles. The van der Waals surface area contributed by atoms with Gasteiger partial charge in [-0.2, -0.15) is 0 Å². The zero-order valence-electron chi connectivity index (χ0n) is 8.76. The zero-order chi connectivity index (χ0) is 12.2. The van der Waals surface area contributed by atoms with Gasteiger partial charge in [-0.05, 0) is 0 Å². The number of aliphatic hydroxyl groups is 1. The van der Waals surface area contributed by atoms with Crippen molar-refractivity contribution < 1.29 is 29.6 Å². The van der Waals surface area contributed by atoms with Crippen LogP contribution in [0.2, 0.25) is 0 Å². The van der Waals surface area contributed by atoms with Gasteiger partial charge in [0.25, 0.3) is 5.60 Å². The first-order chi connectivity index (χ1) is 7.47. The van der Waals surface area contributed by atoms with E-state index >= 15 is 0 Å². The van der Waals surface area contributed by atoms with Crippen LogP contribution in [0.5, 0.6) is 0 Å². The molecule has 7 nitrogen and oxygen atoms in total. The van der Waals surface area contributed by atoms with Gasteiger partial charge in [0.05, 0.1) is 13.2 Å². The molecule has 0 aliphatic carbocycles. The zero-order valence-corrected chi connectivity index (χ0v) is 8.76. The van der Waals surface area contributed by atoms with Crippen molar-refractivity contribution in [1.82, 2.24) is 4.90 Å². The summed E-state index contributed by atoms with van der Waals surface area (Å²) < 4.78 is 5.09. The van der Waals surface area contributed by atoms with Crippen LogP contribution in [0.15, 0.2) is 0 Å². The number of carbonyl (C=O) groups is 2. The van der Waals surface area contributed by atoms with Gasteiger partial charge in [-0.25, -0.2) is 9.59 Å². The Labute approximate surface area is 92.2 Å². The van der Waals surface area contributed by atoms with E-state index < -0.39 is 17.5 Å². The van der Waals surface area contributed by atoms with Crippen LogP contribution in [-0.4, -0.2) is 70.6 Å². The minimum atomic E-state index is -2.70. The molecule has 0 radical (unpaired) electrons. The number of rotatable bonds is 5. The summed E-state index contributed by atoms with van der Waals surface area (Å²) in [6.07, 6.45) is -0.336. The lowest BCUT2D eigenvalue weighted by molar-refractivity contribution is -0.177. The topological polar surface area (TPSA) is 107 Å². The molecule has 0 aromatic rings. The summed E-state index contributed by atoms with van der Waals surface area (Å²) in [6.45, 7) is 2.54. The van der Waals surface area contributed by atoms with E-state index in [0.29, 0.717) is 26.3 Å². The summed E-state index contributed by atoms with van der Waals surface area (Å²) >= 11 is 0. The maximum absolute atomic E-state index is 10.7. The molecular weight excluding hydrogens is 218 g/mol. The first kappa shape index (κ1) is 12.9. The fraction of sp³-hybridized carbons (Fsp3) is 0.778. The van der Waals surface area contributed by atoms with Crippen molar-refractivity contribution in [3.63, 3.8) is 0 Å². The van der Waals surface area contributed by atoms with E-state index in [1.807, 2.05) is 4.90 Å². The Morgan fingerprint density at radius 1 is 1.19 bits per heavy atom. The molecule has 1 aliphatic rings. The van der Waals surface area contributed by atoms with Crippen molar-refractivity contribution in [3.8, 4) is 0 Å². The predicted molar refractivity (Wildman–Crippen MR) is 52.1 cm³/mol. The lowest BCUT2D eigenvalue weighted by Gasteiger charge is -2.28. The van der Waals surface area contributed by atoms with Crippen molar-refractivity contribution in [1.29, 1.82) is 0 Å². The van der Waals surface area contributed by atoms with Gasteiger partial charge in [0.2, 0.25) is 0 Å². The number of hydrogen-bond acceptors (Lipinski definition) is 5. The van der Waals surface area contributed by atoms with Gasteiger partial charge < -0.3 is 20.1 Å². The summed E-state index contributed by atoms with van der Waals surface area (Å²) in [5.74, 6) is -3.46. The summed E-state index contributed by atoms with van der Waals surface area (Å²) in [6, 6.07) is 0. The monoisotopic (exact) mass is 233 g/mol. The molecule has 7 heteroatoms. The van der Waals surface area contributed by atoms with E-state index in [1.165, 1.54) is 0 Å². The molecule has 1 saturated heterocycles. The quantitative estimate of drug-likeness (QED) is 0.502. The van der Waals surface area contributed by atoms with Crippen LogP contribution in [-0.2, 0) is 14.3 Å². The van der Waals surface area contributed by atoms with Crippen LogP contribution in [0.25, 0.3) is 0 Å². The Hall–Kier alpha value is -1.18. The third kappa shape index (κ3) is 2.91. The normalized spacial score (nSPS) is 18.3. The number of carboxylic acid groups (broad SMARTS) is 2. The fourth-order valence-corrected chi connectivity index (χ4v) is 1.45. The summed E-state index contributed by atoms with van der Waals surface area (Å²) in [4.78, 5) is 23.2. The second kappa shape index (κ2) is 5.24. The minimum absolute atomic E-state index is 0.221. The van der Waals surface area contributed by atoms with E-state index in [2.05, 4.69) is 0 Å². The van der Waals surface area contributed by atoms with Gasteiger partial charge in [-0.3, -0.25) is 4.90 Å². The molecule has 0 unspecified atom stereocenters. The Balaban J connectivity index is 2.49. The molecule has 0 amide bonds. The Bertz CT molecular complexity index is 259. The van der Waals surface area contributed by atoms with Crippen molar-refractivity contribution in [2.45, 2.75) is 12.0 Å². The van der Waals surface area contributed by atoms with Crippen LogP contribution >= 0.6 is 0 Å². The van der Waals surface area contributed by atoms with Gasteiger partial charge in [-0.1, -0.05) is 0 Å². The highest BCUT2D eigenvalue weighted by atomic mass is 16.5. The molecule has 0 bridgehead atoms. The average molecular weight is 233 g/mol. The molecule has 0 atom stereocenters.